The number of benzene rings is 2. The van der Waals surface area contributed by atoms with Gasteiger partial charge in [0.25, 0.3) is 5.91 Å². The van der Waals surface area contributed by atoms with Crippen molar-refractivity contribution in [1.29, 1.82) is 0 Å². The van der Waals surface area contributed by atoms with Crippen LogP contribution in [0.4, 0.5) is 11.4 Å². The largest absolute Gasteiger partial charge is 0.478 e. The Morgan fingerprint density at radius 1 is 1.08 bits per heavy atom. The number of carbonyl (C=O) groups is 3. The summed E-state index contributed by atoms with van der Waals surface area (Å²) in [5, 5.41) is 11.7. The quantitative estimate of drug-likeness (QED) is 0.573. The maximum atomic E-state index is 12.2. The lowest BCUT2D eigenvalue weighted by atomic mass is 10.1. The van der Waals surface area contributed by atoms with Crippen molar-refractivity contribution < 1.29 is 24.2 Å². The maximum absolute atomic E-state index is 12.2. The van der Waals surface area contributed by atoms with Crippen LogP contribution in [0.2, 0.25) is 0 Å². The van der Waals surface area contributed by atoms with E-state index in [0.29, 0.717) is 11.3 Å². The van der Waals surface area contributed by atoms with Crippen molar-refractivity contribution in [2.45, 2.75) is 6.92 Å². The number of rotatable bonds is 5. The summed E-state index contributed by atoms with van der Waals surface area (Å²) < 4.78 is 4.86. The standard InChI is InChI=1S/C17H16N2O5/c1-2-24-17(23)11-5-3-10(4-6-11)15(20)19-14-9-12(18)7-8-13(14)16(21)22/h3-9H,2,18H2,1H3,(H,19,20)(H,21,22). The van der Waals surface area contributed by atoms with Gasteiger partial charge in [0.1, 0.15) is 0 Å². The Hall–Kier alpha value is -3.35. The molecule has 2 rings (SSSR count). The van der Waals surface area contributed by atoms with Gasteiger partial charge in [-0.1, -0.05) is 0 Å². The number of aromatic carboxylic acids is 1. The molecule has 0 saturated heterocycles. The van der Waals surface area contributed by atoms with Crippen LogP contribution >= 0.6 is 0 Å². The lowest BCUT2D eigenvalue weighted by Crippen LogP contribution is -2.15. The second kappa shape index (κ2) is 7.28. The number of amides is 1. The minimum atomic E-state index is -1.18. The van der Waals surface area contributed by atoms with Gasteiger partial charge >= 0.3 is 11.9 Å². The Morgan fingerprint density at radius 3 is 2.29 bits per heavy atom. The van der Waals surface area contributed by atoms with Gasteiger partial charge in [0, 0.05) is 11.3 Å². The summed E-state index contributed by atoms with van der Waals surface area (Å²) in [6, 6.07) is 9.95. The van der Waals surface area contributed by atoms with Crippen LogP contribution in [-0.2, 0) is 4.74 Å². The number of nitrogen functional groups attached to an aromatic ring is 1. The average molecular weight is 328 g/mol. The molecule has 124 valence electrons. The second-order valence-corrected chi connectivity index (χ2v) is 4.86. The van der Waals surface area contributed by atoms with Crippen LogP contribution in [-0.4, -0.2) is 29.6 Å². The molecule has 0 atom stereocenters. The molecule has 0 aliphatic rings. The summed E-state index contributed by atoms with van der Waals surface area (Å²) in [7, 11) is 0. The fraction of sp³-hybridized carbons (Fsp3) is 0.118. The van der Waals surface area contributed by atoms with E-state index in [2.05, 4.69) is 5.32 Å². The Morgan fingerprint density at radius 2 is 1.71 bits per heavy atom. The van der Waals surface area contributed by atoms with Gasteiger partial charge in [0.05, 0.1) is 23.4 Å². The highest BCUT2D eigenvalue weighted by molar-refractivity contribution is 6.08. The van der Waals surface area contributed by atoms with Gasteiger partial charge in [-0.2, -0.15) is 0 Å². The summed E-state index contributed by atoms with van der Waals surface area (Å²) in [6.45, 7) is 1.96. The predicted molar refractivity (Wildman–Crippen MR) is 88.2 cm³/mol. The van der Waals surface area contributed by atoms with E-state index < -0.39 is 17.8 Å². The molecule has 1 amide bonds. The first-order valence-electron chi connectivity index (χ1n) is 7.13. The Kier molecular flexibility index (Phi) is 5.16. The van der Waals surface area contributed by atoms with E-state index in [1.807, 2.05) is 0 Å². The van der Waals surface area contributed by atoms with E-state index in [1.165, 1.54) is 42.5 Å². The molecule has 0 saturated carbocycles. The maximum Gasteiger partial charge on any atom is 0.338 e. The van der Waals surface area contributed by atoms with Crippen LogP contribution in [0.15, 0.2) is 42.5 Å². The molecule has 2 aromatic rings. The molecule has 0 spiro atoms. The molecule has 0 aromatic heterocycles. The Balaban J connectivity index is 2.20. The number of nitrogens with one attached hydrogen (secondary N) is 1. The van der Waals surface area contributed by atoms with Crippen LogP contribution in [0.1, 0.15) is 38.0 Å². The van der Waals surface area contributed by atoms with Crippen LogP contribution in [0.3, 0.4) is 0 Å². The second-order valence-electron chi connectivity index (χ2n) is 4.86. The molecule has 7 nitrogen and oxygen atoms in total. The van der Waals surface area contributed by atoms with E-state index in [-0.39, 0.29) is 23.4 Å². The average Bonchev–Trinajstić information content (AvgIpc) is 2.55. The molecule has 0 aliphatic heterocycles. The summed E-state index contributed by atoms with van der Waals surface area (Å²) in [5.74, 6) is -2.17. The SMILES string of the molecule is CCOC(=O)c1ccc(C(=O)Nc2cc(N)ccc2C(=O)O)cc1. The zero-order chi connectivity index (χ0) is 17.7. The Labute approximate surface area is 138 Å². The molecular formula is C17H16N2O5. The third-order valence-corrected chi connectivity index (χ3v) is 3.18. The van der Waals surface area contributed by atoms with E-state index in [1.54, 1.807) is 6.92 Å². The van der Waals surface area contributed by atoms with E-state index in [9.17, 15) is 14.4 Å². The van der Waals surface area contributed by atoms with Gasteiger partial charge in [-0.3, -0.25) is 4.79 Å². The lowest BCUT2D eigenvalue weighted by Gasteiger charge is -2.10. The van der Waals surface area contributed by atoms with Crippen molar-refractivity contribution in [1.82, 2.24) is 0 Å². The number of ether oxygens (including phenoxy) is 1. The number of carbonyl (C=O) groups excluding carboxylic acids is 2. The van der Waals surface area contributed by atoms with Crippen LogP contribution < -0.4 is 11.1 Å². The molecule has 0 heterocycles. The molecule has 7 heteroatoms. The van der Waals surface area contributed by atoms with E-state index >= 15 is 0 Å². The summed E-state index contributed by atoms with van der Waals surface area (Å²) in [6.07, 6.45) is 0. The summed E-state index contributed by atoms with van der Waals surface area (Å²) in [4.78, 5) is 35.0. The lowest BCUT2D eigenvalue weighted by molar-refractivity contribution is 0.0525. The van der Waals surface area contributed by atoms with Crippen molar-refractivity contribution in [2.75, 3.05) is 17.7 Å². The van der Waals surface area contributed by atoms with E-state index in [4.69, 9.17) is 15.6 Å². The zero-order valence-corrected chi connectivity index (χ0v) is 12.9. The molecule has 4 N–H and O–H groups in total. The summed E-state index contributed by atoms with van der Waals surface area (Å²) >= 11 is 0. The normalized spacial score (nSPS) is 10.0. The van der Waals surface area contributed by atoms with Crippen molar-refractivity contribution in [3.63, 3.8) is 0 Å². The van der Waals surface area contributed by atoms with E-state index in [0.717, 1.165) is 0 Å². The highest BCUT2D eigenvalue weighted by Crippen LogP contribution is 2.20. The number of hydrogen-bond acceptors (Lipinski definition) is 5. The molecule has 0 bridgehead atoms. The first-order valence-corrected chi connectivity index (χ1v) is 7.13. The predicted octanol–water partition coefficient (Wildman–Crippen LogP) is 2.40. The van der Waals surface area contributed by atoms with Crippen molar-refractivity contribution in [2.24, 2.45) is 0 Å². The fourth-order valence-corrected chi connectivity index (χ4v) is 2.02. The number of esters is 1. The summed E-state index contributed by atoms with van der Waals surface area (Å²) in [5.41, 5.74) is 6.57. The van der Waals surface area contributed by atoms with Gasteiger partial charge in [0.15, 0.2) is 0 Å². The van der Waals surface area contributed by atoms with Crippen LogP contribution in [0.25, 0.3) is 0 Å². The molecular weight excluding hydrogens is 312 g/mol. The minimum Gasteiger partial charge on any atom is -0.478 e. The highest BCUT2D eigenvalue weighted by atomic mass is 16.5. The van der Waals surface area contributed by atoms with Crippen molar-refractivity contribution in [3.8, 4) is 0 Å². The number of nitrogens with two attached hydrogens (primary N) is 1. The number of carboxylic acids is 1. The Bertz CT molecular complexity index is 784. The monoisotopic (exact) mass is 328 g/mol. The van der Waals surface area contributed by atoms with Gasteiger partial charge < -0.3 is 20.9 Å². The molecule has 24 heavy (non-hydrogen) atoms. The van der Waals surface area contributed by atoms with Crippen molar-refractivity contribution in [3.05, 3.63) is 59.2 Å². The van der Waals surface area contributed by atoms with Crippen LogP contribution in [0, 0.1) is 0 Å². The molecule has 2 aromatic carbocycles. The first kappa shape index (κ1) is 17.0. The topological polar surface area (TPSA) is 119 Å². The zero-order valence-electron chi connectivity index (χ0n) is 12.9. The molecule has 0 radical (unpaired) electrons. The van der Waals surface area contributed by atoms with Gasteiger partial charge in [-0.15, -0.1) is 0 Å². The number of hydrogen-bond donors (Lipinski definition) is 3. The van der Waals surface area contributed by atoms with Gasteiger partial charge in [0.2, 0.25) is 0 Å². The number of anilines is 2. The highest BCUT2D eigenvalue weighted by Gasteiger charge is 2.15. The minimum absolute atomic E-state index is 0.0688. The molecule has 0 aliphatic carbocycles. The third kappa shape index (κ3) is 3.89. The smallest absolute Gasteiger partial charge is 0.338 e. The van der Waals surface area contributed by atoms with Crippen LogP contribution in [0.5, 0.6) is 0 Å². The molecule has 0 fully saturated rings. The van der Waals surface area contributed by atoms with Gasteiger partial charge in [-0.05, 0) is 49.4 Å². The third-order valence-electron chi connectivity index (χ3n) is 3.18. The first-order chi connectivity index (χ1) is 11.4. The fourth-order valence-electron chi connectivity index (χ4n) is 2.02. The van der Waals surface area contributed by atoms with Gasteiger partial charge in [-0.25, -0.2) is 9.59 Å². The molecule has 0 unspecified atom stereocenters. The van der Waals surface area contributed by atoms with Crippen molar-refractivity contribution >= 4 is 29.2 Å². The number of carboxylic acid groups (broad SMARTS) is 1.